The Morgan fingerprint density at radius 2 is 0.836 bits per heavy atom. The fourth-order valence-corrected chi connectivity index (χ4v) is 11.7. The van der Waals surface area contributed by atoms with Crippen molar-refractivity contribution in [3.8, 4) is 22.3 Å². The minimum Gasteiger partial charge on any atom is -0.309 e. The van der Waals surface area contributed by atoms with Gasteiger partial charge in [-0.1, -0.05) is 147 Å². The first-order valence-electron chi connectivity index (χ1n) is 19.6. The highest BCUT2D eigenvalue weighted by molar-refractivity contribution is 7.26. The van der Waals surface area contributed by atoms with E-state index in [1.54, 1.807) is 0 Å². The first kappa shape index (κ1) is 32.7. The van der Waals surface area contributed by atoms with Gasteiger partial charge in [-0.05, 0) is 88.7 Å². The van der Waals surface area contributed by atoms with Crippen molar-refractivity contribution in [2.45, 2.75) is 38.0 Å². The minimum atomic E-state index is 0.592. The molecule has 2 heterocycles. The molecule has 3 heteroatoms. The summed E-state index contributed by atoms with van der Waals surface area (Å²) in [5, 5.41) is 7.97. The van der Waals surface area contributed by atoms with Crippen molar-refractivity contribution in [2.24, 2.45) is 0 Å². The molecule has 0 unspecified atom stereocenters. The largest absolute Gasteiger partial charge is 0.309 e. The van der Waals surface area contributed by atoms with Crippen LogP contribution in [0.25, 0.3) is 73.4 Å². The Morgan fingerprint density at radius 3 is 1.53 bits per heavy atom. The summed E-state index contributed by atoms with van der Waals surface area (Å²) in [6.07, 6.45) is 6.52. The zero-order valence-corrected chi connectivity index (χ0v) is 32.2. The van der Waals surface area contributed by atoms with Crippen LogP contribution in [0, 0.1) is 0 Å². The van der Waals surface area contributed by atoms with Crippen LogP contribution in [0.1, 0.15) is 43.6 Å². The van der Waals surface area contributed by atoms with Crippen LogP contribution < -0.4 is 4.90 Å². The van der Waals surface area contributed by atoms with Crippen molar-refractivity contribution >= 4 is 90.9 Å². The van der Waals surface area contributed by atoms with Gasteiger partial charge in [0.1, 0.15) is 0 Å². The molecule has 0 atom stereocenters. The highest BCUT2D eigenvalue weighted by Gasteiger charge is 2.26. The van der Waals surface area contributed by atoms with E-state index in [-0.39, 0.29) is 0 Å². The Balaban J connectivity index is 1.23. The van der Waals surface area contributed by atoms with Crippen molar-refractivity contribution in [2.75, 3.05) is 4.90 Å². The maximum atomic E-state index is 2.58. The summed E-state index contributed by atoms with van der Waals surface area (Å²) in [7, 11) is 0. The summed E-state index contributed by atoms with van der Waals surface area (Å²) in [6, 6.07) is 63.7. The van der Waals surface area contributed by atoms with Crippen LogP contribution in [0.2, 0.25) is 0 Å². The first-order chi connectivity index (χ1) is 27.3. The Labute approximate surface area is 329 Å². The molecule has 8 aromatic carbocycles. The number of nitrogens with zero attached hydrogens (tertiary/aromatic N) is 1. The summed E-state index contributed by atoms with van der Waals surface area (Å²) in [4.78, 5) is 2.58. The van der Waals surface area contributed by atoms with Gasteiger partial charge in [-0.15, -0.1) is 22.7 Å². The Hall–Kier alpha value is -5.74. The van der Waals surface area contributed by atoms with E-state index < -0.39 is 0 Å². The summed E-state index contributed by atoms with van der Waals surface area (Å²) >= 11 is 3.77. The fraction of sp³-hybridized carbons (Fsp3) is 0.115. The predicted octanol–water partition coefficient (Wildman–Crippen LogP) is 16.4. The Kier molecular flexibility index (Phi) is 8.04. The van der Waals surface area contributed by atoms with Crippen molar-refractivity contribution in [1.29, 1.82) is 0 Å². The molecule has 10 aromatic rings. The van der Waals surface area contributed by atoms with E-state index in [4.69, 9.17) is 0 Å². The maximum Gasteiger partial charge on any atom is 0.0555 e. The molecular weight excluding hydrogens is 703 g/mol. The summed E-state index contributed by atoms with van der Waals surface area (Å²) in [6.45, 7) is 0. The lowest BCUT2D eigenvalue weighted by molar-refractivity contribution is 0.445. The van der Waals surface area contributed by atoms with Gasteiger partial charge in [0, 0.05) is 51.5 Å². The van der Waals surface area contributed by atoms with Gasteiger partial charge >= 0.3 is 0 Å². The summed E-state index contributed by atoms with van der Waals surface area (Å²) < 4.78 is 5.25. The van der Waals surface area contributed by atoms with E-state index in [0.717, 1.165) is 0 Å². The SMILES string of the molecule is c1ccc(N(c2ccccc2-c2cccc3sc4ccccc4c23)c2cccc3sc4ccccc4c23)c(-c2cccc3cccc(C4CCCCC4)c23)c1. The van der Waals surface area contributed by atoms with Crippen LogP contribution >= 0.6 is 22.7 Å². The minimum absolute atomic E-state index is 0.592. The number of hydrogen-bond donors (Lipinski definition) is 0. The smallest absolute Gasteiger partial charge is 0.0555 e. The van der Waals surface area contributed by atoms with Gasteiger partial charge in [-0.2, -0.15) is 0 Å². The average Bonchev–Trinajstić information content (AvgIpc) is 3.83. The van der Waals surface area contributed by atoms with Crippen molar-refractivity contribution in [3.63, 3.8) is 0 Å². The highest BCUT2D eigenvalue weighted by atomic mass is 32.1. The van der Waals surface area contributed by atoms with Crippen LogP contribution in [-0.2, 0) is 0 Å². The van der Waals surface area contributed by atoms with Gasteiger partial charge in [0.2, 0.25) is 0 Å². The molecular formula is C52H39NS2. The molecule has 55 heavy (non-hydrogen) atoms. The molecule has 11 rings (SSSR count). The van der Waals surface area contributed by atoms with E-state index in [9.17, 15) is 0 Å². The van der Waals surface area contributed by atoms with Crippen LogP contribution in [0.15, 0.2) is 170 Å². The third-order valence-corrected chi connectivity index (χ3v) is 14.1. The number of hydrogen-bond acceptors (Lipinski definition) is 3. The average molecular weight is 742 g/mol. The number of anilines is 3. The van der Waals surface area contributed by atoms with E-state index >= 15 is 0 Å². The molecule has 0 bridgehead atoms. The standard InChI is InChI=1S/C52H39NS2/c1-2-16-34(17-3-1)36-24-12-18-35-19-13-25-39(50(35)36)37-20-4-8-27-43(37)53(45-29-15-33-49-52(45)42-23-7-11-31-47(42)55-49)44-28-9-5-21-38(44)40-26-14-32-48-51(40)41-22-6-10-30-46(41)54-48/h4-15,18-34H,1-3,16-17H2. The number of para-hydroxylation sites is 2. The quantitative estimate of drug-likeness (QED) is 0.164. The van der Waals surface area contributed by atoms with E-state index in [1.807, 2.05) is 22.7 Å². The van der Waals surface area contributed by atoms with Crippen LogP contribution in [-0.4, -0.2) is 0 Å². The third kappa shape index (κ3) is 5.40. The van der Waals surface area contributed by atoms with Gasteiger partial charge in [0.25, 0.3) is 0 Å². The van der Waals surface area contributed by atoms with Crippen LogP contribution in [0.4, 0.5) is 17.1 Å². The number of thiophene rings is 2. The zero-order chi connectivity index (χ0) is 36.3. The number of fused-ring (bicyclic) bond motifs is 7. The lowest BCUT2D eigenvalue weighted by atomic mass is 9.80. The molecule has 1 aliphatic rings. The van der Waals surface area contributed by atoms with Crippen molar-refractivity contribution in [1.82, 2.24) is 0 Å². The molecule has 1 aliphatic carbocycles. The molecule has 0 N–H and O–H groups in total. The summed E-state index contributed by atoms with van der Waals surface area (Å²) in [5.74, 6) is 0.592. The topological polar surface area (TPSA) is 3.24 Å². The van der Waals surface area contributed by atoms with Crippen molar-refractivity contribution in [3.05, 3.63) is 175 Å². The Bertz CT molecular complexity index is 3040. The van der Waals surface area contributed by atoms with Gasteiger partial charge < -0.3 is 4.90 Å². The molecule has 0 radical (unpaired) electrons. The van der Waals surface area contributed by atoms with E-state index in [2.05, 4.69) is 175 Å². The monoisotopic (exact) mass is 741 g/mol. The van der Waals surface area contributed by atoms with Gasteiger partial charge in [-0.25, -0.2) is 0 Å². The molecule has 0 aliphatic heterocycles. The zero-order valence-electron chi connectivity index (χ0n) is 30.5. The van der Waals surface area contributed by atoms with E-state index in [1.165, 1.54) is 128 Å². The lowest BCUT2D eigenvalue weighted by Crippen LogP contribution is -2.13. The van der Waals surface area contributed by atoms with Gasteiger partial charge in [0.05, 0.1) is 17.1 Å². The lowest BCUT2D eigenvalue weighted by Gasteiger charge is -2.31. The second-order valence-electron chi connectivity index (χ2n) is 15.0. The third-order valence-electron chi connectivity index (χ3n) is 11.9. The summed E-state index contributed by atoms with van der Waals surface area (Å²) in [5.41, 5.74) is 10.1. The molecule has 1 nitrogen and oxygen atoms in total. The van der Waals surface area contributed by atoms with Gasteiger partial charge in [-0.3, -0.25) is 0 Å². The molecule has 0 amide bonds. The molecule has 1 saturated carbocycles. The van der Waals surface area contributed by atoms with Gasteiger partial charge in [0.15, 0.2) is 0 Å². The fourth-order valence-electron chi connectivity index (χ4n) is 9.47. The number of rotatable bonds is 6. The normalized spacial score (nSPS) is 13.7. The maximum absolute atomic E-state index is 2.58. The number of benzene rings is 8. The molecule has 264 valence electrons. The van der Waals surface area contributed by atoms with E-state index in [0.29, 0.717) is 5.92 Å². The molecule has 1 fully saturated rings. The molecule has 2 aromatic heterocycles. The highest BCUT2D eigenvalue weighted by Crippen LogP contribution is 2.52. The van der Waals surface area contributed by atoms with Crippen LogP contribution in [0.3, 0.4) is 0 Å². The second kappa shape index (κ2) is 13.5. The Morgan fingerprint density at radius 1 is 0.364 bits per heavy atom. The van der Waals surface area contributed by atoms with Crippen LogP contribution in [0.5, 0.6) is 0 Å². The second-order valence-corrected chi connectivity index (χ2v) is 17.1. The molecule has 0 saturated heterocycles. The first-order valence-corrected chi connectivity index (χ1v) is 21.3. The predicted molar refractivity (Wildman–Crippen MR) is 241 cm³/mol. The molecule has 0 spiro atoms. The van der Waals surface area contributed by atoms with Crippen molar-refractivity contribution < 1.29 is 0 Å².